The summed E-state index contributed by atoms with van der Waals surface area (Å²) in [5.41, 5.74) is 1.24. The largest absolute Gasteiger partial charge is 0.497 e. The van der Waals surface area contributed by atoms with Gasteiger partial charge in [-0.05, 0) is 48.4 Å². The van der Waals surface area contributed by atoms with Gasteiger partial charge >= 0.3 is 0 Å². The number of ether oxygens (including phenoxy) is 1. The van der Waals surface area contributed by atoms with Gasteiger partial charge in [0.25, 0.3) is 0 Å². The smallest absolute Gasteiger partial charge is 0.244 e. The molecule has 0 unspecified atom stereocenters. The molecule has 1 fully saturated rings. The van der Waals surface area contributed by atoms with Crippen molar-refractivity contribution in [3.8, 4) is 5.75 Å². The summed E-state index contributed by atoms with van der Waals surface area (Å²) in [6.07, 6.45) is 6.67. The number of hydrogen-bond acceptors (Lipinski definition) is 5. The van der Waals surface area contributed by atoms with E-state index in [1.54, 1.807) is 31.4 Å². The first-order chi connectivity index (χ1) is 19.2. The molecule has 1 aliphatic rings. The zero-order valence-corrected chi connectivity index (χ0v) is 24.3. The lowest BCUT2D eigenvalue weighted by Gasteiger charge is -2.34. The molecule has 0 spiro atoms. The van der Waals surface area contributed by atoms with E-state index in [0.29, 0.717) is 17.9 Å². The number of methoxy groups -OCH3 is 1. The summed E-state index contributed by atoms with van der Waals surface area (Å²) in [5.74, 6) is 0.0371. The SMILES string of the molecule is CC[C@H](C(=O)NC1CCCCC1)N(Cc1ccc(OC)cc1)C(=O)CN(c1cccc2ccccc12)S(C)(=O)=O. The van der Waals surface area contributed by atoms with Crippen LogP contribution >= 0.6 is 0 Å². The number of amides is 2. The van der Waals surface area contributed by atoms with Crippen LogP contribution in [0.2, 0.25) is 0 Å². The first-order valence-corrected chi connectivity index (χ1v) is 15.7. The predicted molar refractivity (Wildman–Crippen MR) is 159 cm³/mol. The lowest BCUT2D eigenvalue weighted by Crippen LogP contribution is -2.54. The molecule has 2 amide bonds. The second-order valence-corrected chi connectivity index (χ2v) is 12.3. The van der Waals surface area contributed by atoms with E-state index in [4.69, 9.17) is 4.74 Å². The van der Waals surface area contributed by atoms with Crippen LogP contribution in [0.1, 0.15) is 51.0 Å². The predicted octanol–water partition coefficient (Wildman–Crippen LogP) is 4.87. The quantitative estimate of drug-likeness (QED) is 0.358. The third-order valence-electron chi connectivity index (χ3n) is 7.56. The molecule has 0 saturated heterocycles. The van der Waals surface area contributed by atoms with Crippen molar-refractivity contribution in [2.45, 2.75) is 64.1 Å². The van der Waals surface area contributed by atoms with Gasteiger partial charge in [0.2, 0.25) is 21.8 Å². The number of nitrogens with one attached hydrogen (secondary N) is 1. The summed E-state index contributed by atoms with van der Waals surface area (Å²) in [6, 6.07) is 19.5. The van der Waals surface area contributed by atoms with Gasteiger partial charge in [-0.3, -0.25) is 13.9 Å². The molecule has 0 heterocycles. The van der Waals surface area contributed by atoms with Crippen molar-refractivity contribution in [2.75, 3.05) is 24.2 Å². The molecule has 3 aromatic carbocycles. The Morgan fingerprint density at radius 2 is 1.65 bits per heavy atom. The fourth-order valence-electron chi connectivity index (χ4n) is 5.41. The summed E-state index contributed by atoms with van der Waals surface area (Å²) >= 11 is 0. The van der Waals surface area contributed by atoms with Crippen LogP contribution in [0.3, 0.4) is 0 Å². The number of carbonyl (C=O) groups excluding carboxylic acids is 2. The van der Waals surface area contributed by atoms with Gasteiger partial charge in [-0.25, -0.2) is 8.42 Å². The Balaban J connectivity index is 1.67. The van der Waals surface area contributed by atoms with E-state index in [0.717, 1.165) is 52.6 Å². The van der Waals surface area contributed by atoms with E-state index in [1.165, 1.54) is 11.3 Å². The minimum absolute atomic E-state index is 0.0939. The molecule has 8 nitrogen and oxygen atoms in total. The number of benzene rings is 3. The van der Waals surface area contributed by atoms with Gasteiger partial charge in [-0.1, -0.05) is 74.7 Å². The first kappa shape index (κ1) is 29.4. The Hall–Kier alpha value is -3.59. The van der Waals surface area contributed by atoms with Crippen LogP contribution in [0, 0.1) is 0 Å². The van der Waals surface area contributed by atoms with Crippen molar-refractivity contribution < 1.29 is 22.7 Å². The molecule has 1 saturated carbocycles. The van der Waals surface area contributed by atoms with Gasteiger partial charge < -0.3 is 15.0 Å². The van der Waals surface area contributed by atoms with Gasteiger partial charge in [0, 0.05) is 18.0 Å². The van der Waals surface area contributed by atoms with Crippen molar-refractivity contribution in [2.24, 2.45) is 0 Å². The summed E-state index contributed by atoms with van der Waals surface area (Å²) in [4.78, 5) is 29.1. The van der Waals surface area contributed by atoms with Crippen LogP contribution in [-0.4, -0.2) is 57.1 Å². The molecule has 0 aromatic heterocycles. The van der Waals surface area contributed by atoms with Gasteiger partial charge in [-0.15, -0.1) is 0 Å². The number of nitrogens with zero attached hydrogens (tertiary/aromatic N) is 2. The molecule has 4 rings (SSSR count). The lowest BCUT2D eigenvalue weighted by molar-refractivity contribution is -0.140. The standard InChI is InChI=1S/C31H39N3O5S/c1-4-28(31(36)32-25-13-6-5-7-14-25)33(21-23-17-19-26(39-2)20-18-23)30(35)22-34(40(3,37)38)29-16-10-12-24-11-8-9-15-27(24)29/h8-12,15-20,25,28H,4-7,13-14,21-22H2,1-3H3,(H,32,36)/t28-/m1/s1. The lowest BCUT2D eigenvalue weighted by atomic mass is 9.95. The number of anilines is 1. The number of fused-ring (bicyclic) bond motifs is 1. The average molecular weight is 566 g/mol. The monoisotopic (exact) mass is 565 g/mol. The van der Waals surface area contributed by atoms with E-state index >= 15 is 0 Å². The van der Waals surface area contributed by atoms with Crippen LogP contribution in [0.5, 0.6) is 5.75 Å². The Morgan fingerprint density at radius 3 is 2.30 bits per heavy atom. The summed E-state index contributed by atoms with van der Waals surface area (Å²) in [5, 5.41) is 4.76. The zero-order chi connectivity index (χ0) is 28.7. The Morgan fingerprint density at radius 1 is 0.975 bits per heavy atom. The molecule has 0 aliphatic heterocycles. The molecule has 0 radical (unpaired) electrons. The summed E-state index contributed by atoms with van der Waals surface area (Å²) < 4.78 is 32.5. The van der Waals surface area contributed by atoms with Crippen LogP contribution in [0.25, 0.3) is 10.8 Å². The number of sulfonamides is 1. The molecule has 1 N–H and O–H groups in total. The van der Waals surface area contributed by atoms with E-state index in [9.17, 15) is 18.0 Å². The third kappa shape index (κ3) is 7.13. The van der Waals surface area contributed by atoms with Crippen molar-refractivity contribution >= 4 is 38.3 Å². The van der Waals surface area contributed by atoms with E-state index in [1.807, 2.05) is 49.4 Å². The molecule has 0 bridgehead atoms. The highest BCUT2D eigenvalue weighted by Crippen LogP contribution is 2.29. The third-order valence-corrected chi connectivity index (χ3v) is 8.69. The average Bonchev–Trinajstić information content (AvgIpc) is 2.95. The second-order valence-electron chi connectivity index (χ2n) is 10.4. The van der Waals surface area contributed by atoms with Crippen molar-refractivity contribution in [3.63, 3.8) is 0 Å². The highest BCUT2D eigenvalue weighted by molar-refractivity contribution is 7.92. The normalized spacial score (nSPS) is 14.9. The topological polar surface area (TPSA) is 96.0 Å². The van der Waals surface area contributed by atoms with Crippen LogP contribution < -0.4 is 14.4 Å². The maximum absolute atomic E-state index is 14.0. The summed E-state index contributed by atoms with van der Waals surface area (Å²) in [6.45, 7) is 1.61. The molecular formula is C31H39N3O5S. The van der Waals surface area contributed by atoms with Gasteiger partial charge in [0.1, 0.15) is 18.3 Å². The number of carbonyl (C=O) groups is 2. The first-order valence-electron chi connectivity index (χ1n) is 13.9. The minimum Gasteiger partial charge on any atom is -0.497 e. The van der Waals surface area contributed by atoms with Gasteiger partial charge in [-0.2, -0.15) is 0 Å². The number of rotatable bonds is 11. The zero-order valence-electron chi connectivity index (χ0n) is 23.5. The van der Waals surface area contributed by atoms with E-state index in [-0.39, 0.29) is 18.5 Å². The number of hydrogen-bond donors (Lipinski definition) is 1. The van der Waals surface area contributed by atoms with Gasteiger partial charge in [0.15, 0.2) is 0 Å². The highest BCUT2D eigenvalue weighted by Gasteiger charge is 2.33. The van der Waals surface area contributed by atoms with Crippen LogP contribution in [0.15, 0.2) is 66.7 Å². The molecule has 3 aromatic rings. The molecule has 40 heavy (non-hydrogen) atoms. The molecule has 1 atom stereocenters. The summed E-state index contributed by atoms with van der Waals surface area (Å²) in [7, 11) is -2.24. The molecule has 9 heteroatoms. The van der Waals surface area contributed by atoms with Crippen molar-refractivity contribution in [1.29, 1.82) is 0 Å². The maximum atomic E-state index is 14.0. The molecular weight excluding hydrogens is 526 g/mol. The fraction of sp³-hybridized carbons (Fsp3) is 0.419. The van der Waals surface area contributed by atoms with Crippen molar-refractivity contribution in [3.05, 3.63) is 72.3 Å². The maximum Gasteiger partial charge on any atom is 0.244 e. The van der Waals surface area contributed by atoms with Crippen molar-refractivity contribution in [1.82, 2.24) is 10.2 Å². The van der Waals surface area contributed by atoms with E-state index in [2.05, 4.69) is 5.32 Å². The second kappa shape index (κ2) is 13.2. The minimum atomic E-state index is -3.83. The Bertz CT molecular complexity index is 1410. The Labute approximate surface area is 237 Å². The van der Waals surface area contributed by atoms with Gasteiger partial charge in [0.05, 0.1) is 19.1 Å². The highest BCUT2D eigenvalue weighted by atomic mass is 32.2. The molecule has 214 valence electrons. The van der Waals surface area contributed by atoms with E-state index < -0.39 is 28.5 Å². The van der Waals surface area contributed by atoms with Crippen LogP contribution in [0.4, 0.5) is 5.69 Å². The fourth-order valence-corrected chi connectivity index (χ4v) is 6.27. The molecule has 1 aliphatic carbocycles. The Kier molecular flexibility index (Phi) is 9.68. The van der Waals surface area contributed by atoms with Crippen LogP contribution in [-0.2, 0) is 26.2 Å².